The molecule has 0 unspecified atom stereocenters. The molecule has 42 heavy (non-hydrogen) atoms. The number of benzene rings is 1. The molecule has 0 fully saturated rings. The van der Waals surface area contributed by atoms with Crippen molar-refractivity contribution >= 4 is 36.4 Å². The standard InChI is InChI=1S/C28H39N4O9P/c1-27(2,3)25(33)38-16-40-42(35,41-17-39-26(34)28(4,5)6)18-37-13-12-32-14-21(19-8-10-20(36-7)11-9-19)22-23(29)30-15-31-24(22)32/h8-11,14-15H,12-13,16-18H2,1-7H3,(H2,29,30,31). The van der Waals surface area contributed by atoms with E-state index in [-0.39, 0.29) is 6.61 Å². The predicted molar refractivity (Wildman–Crippen MR) is 155 cm³/mol. The Hall–Kier alpha value is -3.51. The molecule has 0 aliphatic rings. The number of nitrogens with zero attached hydrogens (tertiary/aromatic N) is 3. The Bertz CT molecular complexity index is 1390. The Morgan fingerprint density at radius 3 is 2.02 bits per heavy atom. The van der Waals surface area contributed by atoms with Crippen molar-refractivity contribution in [3.05, 3.63) is 36.8 Å². The first kappa shape index (κ1) is 33.0. The molecule has 0 amide bonds. The van der Waals surface area contributed by atoms with Gasteiger partial charge in [0, 0.05) is 18.3 Å². The van der Waals surface area contributed by atoms with Gasteiger partial charge in [0.15, 0.2) is 0 Å². The molecular weight excluding hydrogens is 567 g/mol. The number of aromatic nitrogens is 3. The number of hydrogen-bond acceptors (Lipinski definition) is 12. The third kappa shape index (κ3) is 8.75. The highest BCUT2D eigenvalue weighted by atomic mass is 31.2. The van der Waals surface area contributed by atoms with Crippen LogP contribution in [-0.4, -0.2) is 60.1 Å². The molecule has 3 aromatic rings. The molecule has 0 atom stereocenters. The number of hydrogen-bond donors (Lipinski definition) is 1. The van der Waals surface area contributed by atoms with Crippen LogP contribution in [0.3, 0.4) is 0 Å². The van der Waals surface area contributed by atoms with E-state index in [1.54, 1.807) is 48.7 Å². The van der Waals surface area contributed by atoms with E-state index >= 15 is 0 Å². The first-order chi connectivity index (χ1) is 19.6. The molecule has 2 heterocycles. The fourth-order valence-corrected chi connectivity index (χ4v) is 4.51. The number of anilines is 1. The number of carbonyl (C=O) groups is 2. The van der Waals surface area contributed by atoms with Crippen LogP contribution in [0.4, 0.5) is 5.82 Å². The van der Waals surface area contributed by atoms with Gasteiger partial charge in [-0.25, -0.2) is 9.97 Å². The van der Waals surface area contributed by atoms with E-state index < -0.39 is 50.3 Å². The second-order valence-corrected chi connectivity index (χ2v) is 13.4. The highest BCUT2D eigenvalue weighted by Gasteiger charge is 2.30. The topological polar surface area (TPSA) is 163 Å². The number of carbonyl (C=O) groups excluding carboxylic acids is 2. The second kappa shape index (κ2) is 13.6. The van der Waals surface area contributed by atoms with Crippen molar-refractivity contribution in [1.29, 1.82) is 0 Å². The van der Waals surface area contributed by atoms with E-state index in [9.17, 15) is 14.2 Å². The molecule has 0 saturated carbocycles. The zero-order chi connectivity index (χ0) is 31.1. The van der Waals surface area contributed by atoms with Crippen molar-refractivity contribution in [3.8, 4) is 16.9 Å². The summed E-state index contributed by atoms with van der Waals surface area (Å²) in [6, 6.07) is 7.50. The number of nitrogens with two attached hydrogens (primary N) is 1. The molecule has 0 aliphatic carbocycles. The molecular formula is C28H39N4O9P. The van der Waals surface area contributed by atoms with Crippen LogP contribution < -0.4 is 10.5 Å². The Kier molecular flexibility index (Phi) is 10.7. The summed E-state index contributed by atoms with van der Waals surface area (Å²) in [5.74, 6) is -0.0631. The highest BCUT2D eigenvalue weighted by molar-refractivity contribution is 7.53. The first-order valence-corrected chi connectivity index (χ1v) is 14.9. The van der Waals surface area contributed by atoms with Crippen molar-refractivity contribution < 1.29 is 42.1 Å². The van der Waals surface area contributed by atoms with Crippen LogP contribution in [0.1, 0.15) is 41.5 Å². The Morgan fingerprint density at radius 2 is 1.50 bits per heavy atom. The van der Waals surface area contributed by atoms with Gasteiger partial charge < -0.3 is 29.2 Å². The number of rotatable bonds is 13. The molecule has 3 rings (SSSR count). The lowest BCUT2D eigenvalue weighted by Crippen LogP contribution is -2.25. The summed E-state index contributed by atoms with van der Waals surface area (Å²) in [7, 11) is -2.41. The summed E-state index contributed by atoms with van der Waals surface area (Å²) in [5, 5.41) is 0.682. The first-order valence-electron chi connectivity index (χ1n) is 13.2. The van der Waals surface area contributed by atoms with Crippen LogP contribution in [0, 0.1) is 10.8 Å². The third-order valence-corrected chi connectivity index (χ3v) is 7.41. The van der Waals surface area contributed by atoms with Gasteiger partial charge in [-0.05, 0) is 59.2 Å². The lowest BCUT2D eigenvalue weighted by atomic mass is 9.98. The number of methoxy groups -OCH3 is 1. The molecule has 0 spiro atoms. The molecule has 2 aromatic heterocycles. The zero-order valence-corrected chi connectivity index (χ0v) is 25.9. The molecule has 0 saturated heterocycles. The van der Waals surface area contributed by atoms with Crippen LogP contribution >= 0.6 is 7.60 Å². The van der Waals surface area contributed by atoms with Gasteiger partial charge >= 0.3 is 19.5 Å². The van der Waals surface area contributed by atoms with E-state index in [1.165, 1.54) is 6.33 Å². The van der Waals surface area contributed by atoms with Crippen LogP contribution in [0.2, 0.25) is 0 Å². The lowest BCUT2D eigenvalue weighted by molar-refractivity contribution is -0.162. The van der Waals surface area contributed by atoms with E-state index in [0.29, 0.717) is 23.4 Å². The fourth-order valence-electron chi connectivity index (χ4n) is 3.51. The predicted octanol–water partition coefficient (Wildman–Crippen LogP) is 4.98. The van der Waals surface area contributed by atoms with Crippen molar-refractivity contribution in [2.75, 3.05) is 39.4 Å². The number of esters is 2. The summed E-state index contributed by atoms with van der Waals surface area (Å²) < 4.78 is 46.9. The summed E-state index contributed by atoms with van der Waals surface area (Å²) in [6.45, 7) is 9.15. The minimum atomic E-state index is -4.01. The maximum Gasteiger partial charge on any atom is 0.361 e. The van der Waals surface area contributed by atoms with E-state index in [2.05, 4.69) is 9.97 Å². The molecule has 13 nitrogen and oxygen atoms in total. The van der Waals surface area contributed by atoms with Gasteiger partial charge in [-0.1, -0.05) is 12.1 Å². The van der Waals surface area contributed by atoms with Crippen molar-refractivity contribution in [2.45, 2.75) is 48.1 Å². The van der Waals surface area contributed by atoms with Gasteiger partial charge in [0.25, 0.3) is 0 Å². The molecule has 0 radical (unpaired) electrons. The number of ether oxygens (including phenoxy) is 4. The molecule has 0 aliphatic heterocycles. The fraction of sp³-hybridized carbons (Fsp3) is 0.500. The van der Waals surface area contributed by atoms with Crippen LogP contribution in [-0.2, 0) is 44.0 Å². The molecule has 2 N–H and O–H groups in total. The largest absolute Gasteiger partial charge is 0.497 e. The normalized spacial score (nSPS) is 12.4. The van der Waals surface area contributed by atoms with Gasteiger partial charge in [-0.2, -0.15) is 0 Å². The van der Waals surface area contributed by atoms with E-state index in [4.69, 9.17) is 33.7 Å². The van der Waals surface area contributed by atoms with Crippen LogP contribution in [0.25, 0.3) is 22.2 Å². The minimum Gasteiger partial charge on any atom is -0.497 e. The van der Waals surface area contributed by atoms with Crippen molar-refractivity contribution in [3.63, 3.8) is 0 Å². The Balaban J connectivity index is 1.69. The molecule has 1 aromatic carbocycles. The quantitative estimate of drug-likeness (QED) is 0.120. The van der Waals surface area contributed by atoms with Crippen LogP contribution in [0.5, 0.6) is 5.75 Å². The smallest absolute Gasteiger partial charge is 0.361 e. The number of fused-ring (bicyclic) bond motifs is 1. The Labute approximate surface area is 245 Å². The zero-order valence-electron chi connectivity index (χ0n) is 25.0. The highest BCUT2D eigenvalue weighted by Crippen LogP contribution is 2.48. The summed E-state index contributed by atoms with van der Waals surface area (Å²) in [5.41, 5.74) is 6.94. The Morgan fingerprint density at radius 1 is 0.929 bits per heavy atom. The lowest BCUT2D eigenvalue weighted by Gasteiger charge is -2.22. The maximum atomic E-state index is 13.4. The van der Waals surface area contributed by atoms with Gasteiger partial charge in [-0.15, -0.1) is 0 Å². The molecule has 230 valence electrons. The van der Waals surface area contributed by atoms with E-state index in [1.807, 2.05) is 35.0 Å². The average Bonchev–Trinajstić information content (AvgIpc) is 3.30. The monoisotopic (exact) mass is 606 g/mol. The summed E-state index contributed by atoms with van der Waals surface area (Å²) in [6.07, 6.45) is 2.76. The van der Waals surface area contributed by atoms with Crippen molar-refractivity contribution in [1.82, 2.24) is 14.5 Å². The number of nitrogen functional groups attached to an aromatic ring is 1. The molecule has 14 heteroatoms. The SMILES string of the molecule is COc1ccc(-c2cn(CCOCP(=O)(OCOC(=O)C(C)(C)C)OCOC(=O)C(C)(C)C)c3ncnc(N)c23)cc1. The average molecular weight is 607 g/mol. The second-order valence-electron chi connectivity index (χ2n) is 11.4. The minimum absolute atomic E-state index is 0.0794. The summed E-state index contributed by atoms with van der Waals surface area (Å²) in [4.78, 5) is 32.7. The van der Waals surface area contributed by atoms with Crippen molar-refractivity contribution in [2.24, 2.45) is 10.8 Å². The van der Waals surface area contributed by atoms with Gasteiger partial charge in [0.1, 0.15) is 29.9 Å². The molecule has 0 bridgehead atoms. The summed E-state index contributed by atoms with van der Waals surface area (Å²) >= 11 is 0. The maximum absolute atomic E-state index is 13.4. The van der Waals surface area contributed by atoms with Gasteiger partial charge in [-0.3, -0.25) is 23.2 Å². The third-order valence-electron chi connectivity index (χ3n) is 5.91. The van der Waals surface area contributed by atoms with Gasteiger partial charge in [0.2, 0.25) is 13.6 Å². The van der Waals surface area contributed by atoms with Gasteiger partial charge in [0.05, 0.1) is 29.9 Å². The van der Waals surface area contributed by atoms with E-state index in [0.717, 1.165) is 16.9 Å². The van der Waals surface area contributed by atoms with Crippen LogP contribution in [0.15, 0.2) is 36.8 Å².